The zero-order chi connectivity index (χ0) is 16.0. The number of rotatable bonds is 10. The van der Waals surface area contributed by atoms with Crippen molar-refractivity contribution in [1.82, 2.24) is 15.5 Å². The fraction of sp³-hybridized carbons (Fsp3) is 0.941. The number of hydrogen-bond acceptors (Lipinski definition) is 3. The first-order valence-corrected chi connectivity index (χ1v) is 9.08. The molecule has 0 aromatic heterocycles. The fourth-order valence-corrected chi connectivity index (χ4v) is 2.60. The molecule has 1 aliphatic carbocycles. The Balaban J connectivity index is 0.00000484. The van der Waals surface area contributed by atoms with Crippen molar-refractivity contribution in [3.05, 3.63) is 0 Å². The monoisotopic (exact) mass is 440 g/mol. The summed E-state index contributed by atoms with van der Waals surface area (Å²) in [6, 6.07) is 0. The summed E-state index contributed by atoms with van der Waals surface area (Å²) in [5.74, 6) is 0.921. The molecule has 138 valence electrons. The van der Waals surface area contributed by atoms with E-state index in [1.165, 1.54) is 32.1 Å². The van der Waals surface area contributed by atoms with Crippen LogP contribution in [0.2, 0.25) is 0 Å². The number of aliphatic imine (C=N–C) groups is 1. The summed E-state index contributed by atoms with van der Waals surface area (Å²) in [5, 5.41) is 6.68. The molecule has 0 radical (unpaired) electrons. The zero-order valence-electron chi connectivity index (χ0n) is 15.3. The highest BCUT2D eigenvalue weighted by Crippen LogP contribution is 2.20. The van der Waals surface area contributed by atoms with E-state index >= 15 is 0 Å². The number of nitrogens with zero attached hydrogens (tertiary/aromatic N) is 2. The van der Waals surface area contributed by atoms with E-state index in [9.17, 15) is 0 Å². The minimum absolute atomic E-state index is 0. The van der Waals surface area contributed by atoms with Crippen LogP contribution in [-0.4, -0.2) is 63.3 Å². The van der Waals surface area contributed by atoms with Gasteiger partial charge < -0.3 is 20.3 Å². The molecule has 0 aromatic rings. The van der Waals surface area contributed by atoms with Gasteiger partial charge in [0.15, 0.2) is 5.96 Å². The van der Waals surface area contributed by atoms with Gasteiger partial charge in [0, 0.05) is 32.8 Å². The fourth-order valence-electron chi connectivity index (χ4n) is 2.60. The standard InChI is InChI=1S/C17H36N4O.HI/c1-4-18-17(20-13-14-21(3)5-2)19-12-9-15-22-16-10-7-6-8-11-16;/h16H,4-15H2,1-3H3,(H2,18,19,20);1H. The van der Waals surface area contributed by atoms with Gasteiger partial charge in [-0.15, -0.1) is 24.0 Å². The molecule has 0 spiro atoms. The molecule has 0 heterocycles. The lowest BCUT2D eigenvalue weighted by atomic mass is 9.98. The molecule has 2 N–H and O–H groups in total. The molecule has 0 aromatic carbocycles. The first-order chi connectivity index (χ1) is 10.8. The minimum Gasteiger partial charge on any atom is -0.378 e. The lowest BCUT2D eigenvalue weighted by Crippen LogP contribution is -2.41. The van der Waals surface area contributed by atoms with Crippen LogP contribution in [0.5, 0.6) is 0 Å². The Labute approximate surface area is 160 Å². The molecule has 1 fully saturated rings. The van der Waals surface area contributed by atoms with Crippen molar-refractivity contribution in [2.45, 2.75) is 58.5 Å². The number of hydrogen-bond donors (Lipinski definition) is 2. The average Bonchev–Trinajstić information content (AvgIpc) is 2.55. The largest absolute Gasteiger partial charge is 0.378 e. The van der Waals surface area contributed by atoms with Crippen LogP contribution in [0.3, 0.4) is 0 Å². The molecular weight excluding hydrogens is 403 g/mol. The molecular formula is C17H37IN4O. The van der Waals surface area contributed by atoms with Crippen molar-refractivity contribution < 1.29 is 4.74 Å². The van der Waals surface area contributed by atoms with Gasteiger partial charge in [0.2, 0.25) is 0 Å². The average molecular weight is 440 g/mol. The Morgan fingerprint density at radius 1 is 1.17 bits per heavy atom. The summed E-state index contributed by atoms with van der Waals surface area (Å²) in [5.41, 5.74) is 0. The highest BCUT2D eigenvalue weighted by molar-refractivity contribution is 14.0. The molecule has 1 aliphatic rings. The van der Waals surface area contributed by atoms with Gasteiger partial charge in [-0.1, -0.05) is 26.2 Å². The van der Waals surface area contributed by atoms with Gasteiger partial charge in [0.25, 0.3) is 0 Å². The van der Waals surface area contributed by atoms with Crippen molar-refractivity contribution >= 4 is 29.9 Å². The molecule has 0 unspecified atom stereocenters. The summed E-state index contributed by atoms with van der Waals surface area (Å²) >= 11 is 0. The number of likely N-dealkylation sites (N-methyl/N-ethyl adjacent to an activating group) is 1. The number of halogens is 1. The molecule has 5 nitrogen and oxygen atoms in total. The third kappa shape index (κ3) is 12.0. The number of guanidine groups is 1. The molecule has 0 bridgehead atoms. The van der Waals surface area contributed by atoms with Crippen LogP contribution in [-0.2, 0) is 4.74 Å². The minimum atomic E-state index is 0. The number of nitrogens with one attached hydrogen (secondary N) is 2. The zero-order valence-corrected chi connectivity index (χ0v) is 17.6. The third-order valence-electron chi connectivity index (χ3n) is 4.15. The van der Waals surface area contributed by atoms with Crippen molar-refractivity contribution in [2.24, 2.45) is 4.99 Å². The lowest BCUT2D eigenvalue weighted by molar-refractivity contribution is 0.0281. The SMILES string of the molecule is CCNC(=NCCCOC1CCCCC1)NCCN(C)CC.I. The second-order valence-electron chi connectivity index (χ2n) is 6.07. The van der Waals surface area contributed by atoms with Crippen LogP contribution in [0.15, 0.2) is 4.99 Å². The molecule has 0 saturated heterocycles. The topological polar surface area (TPSA) is 48.9 Å². The molecule has 23 heavy (non-hydrogen) atoms. The van der Waals surface area contributed by atoms with Gasteiger partial charge in [-0.25, -0.2) is 0 Å². The Hall–Kier alpha value is -0.0800. The smallest absolute Gasteiger partial charge is 0.191 e. The highest BCUT2D eigenvalue weighted by Gasteiger charge is 2.12. The predicted molar refractivity (Wildman–Crippen MR) is 110 cm³/mol. The third-order valence-corrected chi connectivity index (χ3v) is 4.15. The van der Waals surface area contributed by atoms with Crippen molar-refractivity contribution in [3.8, 4) is 0 Å². The summed E-state index contributed by atoms with van der Waals surface area (Å²) < 4.78 is 5.94. The van der Waals surface area contributed by atoms with Crippen molar-refractivity contribution in [1.29, 1.82) is 0 Å². The Bertz CT molecular complexity index is 296. The van der Waals surface area contributed by atoms with Crippen LogP contribution >= 0.6 is 24.0 Å². The van der Waals surface area contributed by atoms with Crippen LogP contribution in [0.1, 0.15) is 52.4 Å². The normalized spacial score (nSPS) is 16.3. The van der Waals surface area contributed by atoms with Gasteiger partial charge in [-0.2, -0.15) is 0 Å². The summed E-state index contributed by atoms with van der Waals surface area (Å²) in [7, 11) is 2.13. The van der Waals surface area contributed by atoms with E-state index in [4.69, 9.17) is 4.74 Å². The van der Waals surface area contributed by atoms with Crippen LogP contribution in [0, 0.1) is 0 Å². The van der Waals surface area contributed by atoms with E-state index in [2.05, 4.69) is 41.4 Å². The van der Waals surface area contributed by atoms with E-state index in [1.807, 2.05) is 0 Å². The van der Waals surface area contributed by atoms with Gasteiger partial charge in [0.1, 0.15) is 0 Å². The van der Waals surface area contributed by atoms with E-state index in [1.54, 1.807) is 0 Å². The molecule has 0 amide bonds. The highest BCUT2D eigenvalue weighted by atomic mass is 127. The maximum Gasteiger partial charge on any atom is 0.191 e. The molecule has 6 heteroatoms. The Kier molecular flexibility index (Phi) is 15.4. The number of ether oxygens (including phenoxy) is 1. The van der Waals surface area contributed by atoms with Crippen LogP contribution in [0.4, 0.5) is 0 Å². The molecule has 0 aliphatic heterocycles. The van der Waals surface area contributed by atoms with Crippen LogP contribution in [0.25, 0.3) is 0 Å². The molecule has 0 atom stereocenters. The summed E-state index contributed by atoms with van der Waals surface area (Å²) in [6.07, 6.45) is 8.06. The van der Waals surface area contributed by atoms with Gasteiger partial charge >= 0.3 is 0 Å². The van der Waals surface area contributed by atoms with Gasteiger partial charge in [0.05, 0.1) is 6.10 Å². The van der Waals surface area contributed by atoms with E-state index in [0.29, 0.717) is 6.10 Å². The summed E-state index contributed by atoms with van der Waals surface area (Å²) in [4.78, 5) is 6.90. The first kappa shape index (κ1) is 22.9. The van der Waals surface area contributed by atoms with E-state index in [0.717, 1.165) is 51.7 Å². The van der Waals surface area contributed by atoms with Gasteiger partial charge in [-0.3, -0.25) is 4.99 Å². The molecule has 1 rings (SSSR count). The predicted octanol–water partition coefficient (Wildman–Crippen LogP) is 2.85. The Morgan fingerprint density at radius 2 is 1.91 bits per heavy atom. The maximum atomic E-state index is 5.94. The van der Waals surface area contributed by atoms with Gasteiger partial charge in [-0.05, 0) is 39.8 Å². The Morgan fingerprint density at radius 3 is 2.57 bits per heavy atom. The second kappa shape index (κ2) is 15.4. The second-order valence-corrected chi connectivity index (χ2v) is 6.07. The summed E-state index contributed by atoms with van der Waals surface area (Å²) in [6.45, 7) is 9.87. The van der Waals surface area contributed by atoms with Crippen LogP contribution < -0.4 is 10.6 Å². The molecule has 1 saturated carbocycles. The first-order valence-electron chi connectivity index (χ1n) is 9.08. The maximum absolute atomic E-state index is 5.94. The van der Waals surface area contributed by atoms with Crippen molar-refractivity contribution in [2.75, 3.05) is 46.4 Å². The van der Waals surface area contributed by atoms with Crippen molar-refractivity contribution in [3.63, 3.8) is 0 Å². The van der Waals surface area contributed by atoms with E-state index < -0.39 is 0 Å². The quantitative estimate of drug-likeness (QED) is 0.238. The lowest BCUT2D eigenvalue weighted by Gasteiger charge is -2.21. The van der Waals surface area contributed by atoms with E-state index in [-0.39, 0.29) is 24.0 Å².